The Balaban J connectivity index is 1.62. The number of aromatic nitrogens is 3. The summed E-state index contributed by atoms with van der Waals surface area (Å²) in [7, 11) is 1.78. The van der Waals surface area contributed by atoms with Crippen molar-refractivity contribution < 1.29 is 22.5 Å². The van der Waals surface area contributed by atoms with Crippen molar-refractivity contribution in [2.24, 2.45) is 7.05 Å². The predicted molar refractivity (Wildman–Crippen MR) is 121 cm³/mol. The minimum atomic E-state index is -4.54. The van der Waals surface area contributed by atoms with Crippen molar-refractivity contribution in [1.82, 2.24) is 14.5 Å². The molecule has 1 aliphatic rings. The molecule has 11 heteroatoms. The van der Waals surface area contributed by atoms with E-state index in [1.54, 1.807) is 30.3 Å². The molecule has 0 radical (unpaired) electrons. The van der Waals surface area contributed by atoms with Crippen molar-refractivity contribution >= 4 is 23.2 Å². The third-order valence-corrected chi connectivity index (χ3v) is 6.74. The van der Waals surface area contributed by atoms with Crippen LogP contribution in [0.2, 0.25) is 5.02 Å². The number of anilines is 1. The van der Waals surface area contributed by atoms with Crippen molar-refractivity contribution in [3.63, 3.8) is 0 Å². The minimum absolute atomic E-state index is 0.0771. The van der Waals surface area contributed by atoms with Gasteiger partial charge in [-0.1, -0.05) is 36.0 Å². The molecule has 1 N–H and O–H groups in total. The van der Waals surface area contributed by atoms with E-state index < -0.39 is 17.6 Å². The molecule has 0 bridgehead atoms. The largest absolute Gasteiger partial charge is 0.416 e. The number of hydrogen-bond donors (Lipinski definition) is 1. The maximum atomic E-state index is 13.1. The highest BCUT2D eigenvalue weighted by molar-refractivity contribution is 6.33. The number of nitrogens with one attached hydrogen (secondary N) is 1. The summed E-state index contributed by atoms with van der Waals surface area (Å²) in [5.41, 5.74) is -0.0318. The second kappa shape index (κ2) is 8.98. The van der Waals surface area contributed by atoms with Gasteiger partial charge in [0.1, 0.15) is 5.69 Å². The number of benzene rings is 1. The average molecular weight is 497 g/mol. The monoisotopic (exact) mass is 496 g/mol. The fourth-order valence-electron chi connectivity index (χ4n) is 4.46. The number of nitrogens with zero attached hydrogens (tertiary/aromatic N) is 3. The molecule has 1 aliphatic carbocycles. The van der Waals surface area contributed by atoms with Crippen molar-refractivity contribution in [3.05, 3.63) is 56.1 Å². The maximum Gasteiger partial charge on any atom is 0.416 e. The second-order valence-electron chi connectivity index (χ2n) is 8.56. The smallest absolute Gasteiger partial charge is 0.355 e. The summed E-state index contributed by atoms with van der Waals surface area (Å²) in [4.78, 5) is 26.1. The molecule has 2 heterocycles. The number of alkyl halides is 3. The fraction of sp³-hybridized carbons (Fsp3) is 0.435. The van der Waals surface area contributed by atoms with E-state index in [4.69, 9.17) is 16.1 Å². The molecule has 0 saturated heterocycles. The zero-order chi connectivity index (χ0) is 24.8. The van der Waals surface area contributed by atoms with Crippen molar-refractivity contribution in [3.8, 4) is 11.3 Å². The molecule has 0 aliphatic heterocycles. The van der Waals surface area contributed by atoms with Gasteiger partial charge in [-0.25, -0.2) is 4.68 Å². The molecular formula is C23H24ClF3N4O3. The molecule has 3 aromatic rings. The molecule has 0 atom stereocenters. The summed E-state index contributed by atoms with van der Waals surface area (Å²) in [6.45, 7) is 3.30. The molecule has 1 saturated carbocycles. The Hall–Kier alpha value is -3.01. The van der Waals surface area contributed by atoms with E-state index in [9.17, 15) is 22.8 Å². The maximum absolute atomic E-state index is 13.1. The van der Waals surface area contributed by atoms with Crippen LogP contribution in [0.5, 0.6) is 0 Å². The van der Waals surface area contributed by atoms with Gasteiger partial charge in [0.25, 0.3) is 11.5 Å². The lowest BCUT2D eigenvalue weighted by molar-refractivity contribution is -0.137. The van der Waals surface area contributed by atoms with Gasteiger partial charge in [0.05, 0.1) is 22.3 Å². The van der Waals surface area contributed by atoms with Gasteiger partial charge in [-0.15, -0.1) is 0 Å². The Labute approximate surface area is 198 Å². The van der Waals surface area contributed by atoms with Gasteiger partial charge in [0.2, 0.25) is 0 Å². The number of halogens is 4. The van der Waals surface area contributed by atoms with Crippen LogP contribution in [0.4, 0.5) is 18.9 Å². The molecule has 1 aromatic carbocycles. The zero-order valence-electron chi connectivity index (χ0n) is 18.9. The van der Waals surface area contributed by atoms with Gasteiger partial charge < -0.3 is 9.84 Å². The van der Waals surface area contributed by atoms with E-state index in [1.807, 2.05) is 0 Å². The Morgan fingerprint density at radius 2 is 1.88 bits per heavy atom. The topological polar surface area (TPSA) is 82.1 Å². The van der Waals surface area contributed by atoms with Gasteiger partial charge >= 0.3 is 6.18 Å². The normalized spacial score (nSPS) is 15.0. The third-order valence-electron chi connectivity index (χ3n) is 6.43. The van der Waals surface area contributed by atoms with E-state index in [-0.39, 0.29) is 39.3 Å². The van der Waals surface area contributed by atoms with Crippen LogP contribution in [0.1, 0.15) is 65.5 Å². The quantitative estimate of drug-likeness (QED) is 0.488. The van der Waals surface area contributed by atoms with Crippen LogP contribution in [0.3, 0.4) is 0 Å². The average Bonchev–Trinajstić information content (AvgIpc) is 3.26. The zero-order valence-corrected chi connectivity index (χ0v) is 19.7. The molecule has 182 valence electrons. The Bertz CT molecular complexity index is 1300. The van der Waals surface area contributed by atoms with Gasteiger partial charge in [-0.2, -0.15) is 13.2 Å². The lowest BCUT2D eigenvalue weighted by atomic mass is 9.96. The number of carbonyl (C=O) groups excluding carboxylic acids is 1. The number of amides is 1. The molecule has 1 amide bonds. The summed E-state index contributed by atoms with van der Waals surface area (Å²) in [6, 6.07) is 2.92. The number of carbonyl (C=O) groups is 1. The Kier molecular flexibility index (Phi) is 6.37. The van der Waals surface area contributed by atoms with Crippen LogP contribution in [-0.4, -0.2) is 20.4 Å². The minimum Gasteiger partial charge on any atom is -0.355 e. The third kappa shape index (κ3) is 4.26. The summed E-state index contributed by atoms with van der Waals surface area (Å²) >= 11 is 6.06. The van der Waals surface area contributed by atoms with Crippen molar-refractivity contribution in [2.75, 3.05) is 5.32 Å². The Morgan fingerprint density at radius 1 is 1.21 bits per heavy atom. The first kappa shape index (κ1) is 24.1. The molecule has 34 heavy (non-hydrogen) atoms. The second-order valence-corrected chi connectivity index (χ2v) is 8.96. The first-order valence-electron chi connectivity index (χ1n) is 10.9. The first-order chi connectivity index (χ1) is 16.0. The van der Waals surface area contributed by atoms with Crippen molar-refractivity contribution in [1.29, 1.82) is 0 Å². The van der Waals surface area contributed by atoms with Crippen LogP contribution in [0.25, 0.3) is 11.3 Å². The van der Waals surface area contributed by atoms with Gasteiger partial charge in [-0.05, 0) is 44.9 Å². The van der Waals surface area contributed by atoms with Crippen LogP contribution in [-0.2, 0) is 13.2 Å². The SMILES string of the molecule is Cc1c(C(=O)Nc2c(C)n(C)n(C3CCCCC3)c2=O)noc1-c1ccc(C(F)(F)F)cc1Cl. The lowest BCUT2D eigenvalue weighted by Crippen LogP contribution is -2.29. The van der Waals surface area contributed by atoms with Crippen molar-refractivity contribution in [2.45, 2.75) is 58.2 Å². The highest BCUT2D eigenvalue weighted by Gasteiger charge is 2.32. The van der Waals surface area contributed by atoms with E-state index in [0.717, 1.165) is 44.2 Å². The van der Waals surface area contributed by atoms with Gasteiger partial charge in [0, 0.05) is 18.2 Å². The van der Waals surface area contributed by atoms with Crippen LogP contribution in [0, 0.1) is 13.8 Å². The molecular weight excluding hydrogens is 473 g/mol. The molecule has 2 aromatic heterocycles. The molecule has 0 unspecified atom stereocenters. The first-order valence-corrected chi connectivity index (χ1v) is 11.3. The summed E-state index contributed by atoms with van der Waals surface area (Å²) in [6.07, 6.45) is 0.526. The fourth-order valence-corrected chi connectivity index (χ4v) is 4.72. The van der Waals surface area contributed by atoms with Crippen LogP contribution < -0.4 is 10.9 Å². The van der Waals surface area contributed by atoms with Crippen LogP contribution in [0.15, 0.2) is 27.5 Å². The Morgan fingerprint density at radius 3 is 2.50 bits per heavy atom. The lowest BCUT2D eigenvalue weighted by Gasteiger charge is -2.24. The summed E-state index contributed by atoms with van der Waals surface area (Å²) in [5, 5.41) is 6.26. The molecule has 7 nitrogen and oxygen atoms in total. The number of rotatable bonds is 4. The van der Waals surface area contributed by atoms with E-state index in [1.165, 1.54) is 6.07 Å². The molecule has 0 spiro atoms. The van der Waals surface area contributed by atoms with E-state index in [2.05, 4.69) is 10.5 Å². The van der Waals surface area contributed by atoms with E-state index in [0.29, 0.717) is 11.3 Å². The van der Waals surface area contributed by atoms with Gasteiger partial charge in [-0.3, -0.25) is 14.3 Å². The summed E-state index contributed by atoms with van der Waals surface area (Å²) in [5.74, 6) is -0.578. The van der Waals surface area contributed by atoms with Crippen LogP contribution >= 0.6 is 11.6 Å². The molecule has 1 fully saturated rings. The number of hydrogen-bond acceptors (Lipinski definition) is 4. The highest BCUT2D eigenvalue weighted by Crippen LogP contribution is 2.37. The van der Waals surface area contributed by atoms with Gasteiger partial charge in [0.15, 0.2) is 11.5 Å². The summed E-state index contributed by atoms with van der Waals surface area (Å²) < 4.78 is 47.5. The highest BCUT2D eigenvalue weighted by atomic mass is 35.5. The van der Waals surface area contributed by atoms with E-state index >= 15 is 0 Å². The molecule has 4 rings (SSSR count). The standard InChI is InChI=1S/C23H24ClF3N4O3/c1-12-18(29-34-20(12)16-10-9-14(11-17(16)24)23(25,26)27)21(32)28-19-13(2)30(3)31(22(19)33)15-7-5-4-6-8-15/h9-11,15H,4-8H2,1-3H3,(H,28,32). The predicted octanol–water partition coefficient (Wildman–Crippen LogP) is 5.89.